The average molecular weight is 1810 g/mol. The number of carbonyl (C=O) groups is 1. The summed E-state index contributed by atoms with van der Waals surface area (Å²) >= 11 is 3.49. The molecule has 0 radical (unpaired) electrons. The van der Waals surface area contributed by atoms with E-state index in [0.717, 1.165) is 252 Å². The number of aryl methyl sites for hydroxylation is 3. The van der Waals surface area contributed by atoms with Gasteiger partial charge in [-0.05, 0) is 201 Å². The van der Waals surface area contributed by atoms with Crippen molar-refractivity contribution in [3.05, 3.63) is 201 Å². The Kier molecular flexibility index (Phi) is 74.3. The number of thiazole rings is 2. The predicted octanol–water partition coefficient (Wildman–Crippen LogP) is 16.3. The average Bonchev–Trinajstić information content (AvgIpc) is 1.19. The van der Waals surface area contributed by atoms with Crippen LogP contribution in [0.2, 0.25) is 0 Å². The molecule has 128 heavy (non-hydrogen) atoms. The Morgan fingerprint density at radius 2 is 0.875 bits per heavy atom. The third kappa shape index (κ3) is 77.2. The molecule has 0 unspecified atom stereocenters. The number of nitrogens with one attached hydrogen (secondary N) is 10. The van der Waals surface area contributed by atoms with E-state index >= 15 is 0 Å². The van der Waals surface area contributed by atoms with E-state index in [1.165, 1.54) is 28.6 Å². The van der Waals surface area contributed by atoms with Crippen LogP contribution in [-0.2, 0) is 56.1 Å². The third-order valence-corrected chi connectivity index (χ3v) is 19.6. The van der Waals surface area contributed by atoms with Gasteiger partial charge in [0.05, 0.1) is 39.3 Å². The van der Waals surface area contributed by atoms with Gasteiger partial charge in [-0.2, -0.15) is 10.2 Å². The van der Waals surface area contributed by atoms with Crippen LogP contribution in [0.25, 0.3) is 0 Å². The second-order valence-electron chi connectivity index (χ2n) is 36.2. The molecule has 0 amide bonds. The molecule has 26 nitrogen and oxygen atoms in total. The molecule has 9 aromatic rings. The number of aromatic nitrogens is 12. The maximum atomic E-state index is 11.5. The Bertz CT molecular complexity index is 3500. The van der Waals surface area contributed by atoms with Crippen LogP contribution in [0.5, 0.6) is 0 Å². The van der Waals surface area contributed by atoms with Crippen molar-refractivity contribution in [1.29, 1.82) is 0 Å². The number of oxazole rings is 1. The van der Waals surface area contributed by atoms with Gasteiger partial charge in [0.15, 0.2) is 11.7 Å². The molecule has 9 aromatic heterocycles. The normalized spacial score (nSPS) is 11.7. The number of Topliss-reactive ketones (excluding diaryl/α,β-unsaturated/α-hetero) is 1. The lowest BCUT2D eigenvalue weighted by molar-refractivity contribution is 0.0773. The lowest BCUT2D eigenvalue weighted by Crippen LogP contribution is -2.36. The van der Waals surface area contributed by atoms with Crippen LogP contribution in [0, 0.1) is 80.0 Å². The minimum absolute atomic E-state index is 0.0475. The molecule has 0 aromatic carbocycles. The van der Waals surface area contributed by atoms with E-state index in [-0.39, 0.29) is 5.78 Å². The van der Waals surface area contributed by atoms with E-state index in [9.17, 15) is 4.79 Å². The largest absolute Gasteiger partial charge is 0.449 e. The zero-order chi connectivity index (χ0) is 94.4. The molecule has 1 aliphatic heterocycles. The van der Waals surface area contributed by atoms with Crippen LogP contribution in [0.15, 0.2) is 143 Å². The van der Waals surface area contributed by atoms with Gasteiger partial charge in [0.25, 0.3) is 0 Å². The standard InChI is InChI=1S/C11H16N2O.C11H18N2.3C10H17N3.2C10H18N2O.C10H18N2S.C9H16N2S.C9H19NO/c1-9(2)7-12-8-11(14)10-5-3-4-6-13-10;1-10(2)9-12-8-6-11-5-3-4-7-13-11;1-9(2)7-11-5-3-10-4-6-12-8-13-10;1-9(2)7-11-4-3-10-8-12-5-6-13-10;1-9(2)8-11-7-5-10-4-3-6-12-13-10;1-8(2)7-11-5-4-10-6-9(3)13-12-10;2*1-8(2)6-11-5-4-10-12-9(3)7-13-10;1-8(2)7-10-4-3-9-11-5-6-12-9;1-8(2)7-10-9-3-5-11-6-4-9/h3-6,9,12H,7-8H2,1-2H3;3-5,7,10,12H,6,8-9H2,1-2H3;4,6,8-9,11H,3,5,7H2,1-2H3;5-6,8-9,11H,3-4,7H2,1-2H3;3-4,6,9,11H,5,7-8H2,1-2H3;6,8,11H,4-5,7H2,1-3H3;2*7-8,11H,4-6H2,1-3H3;5-6,8,10H,3-4,7H2,1-2H3;8-10H,3-7H2,1-2H3. The van der Waals surface area contributed by atoms with Gasteiger partial charge in [-0.15, -0.1) is 22.7 Å². The predicted molar refractivity (Wildman–Crippen MR) is 536 cm³/mol. The highest BCUT2D eigenvalue weighted by molar-refractivity contribution is 7.09. The number of hydrogen-bond acceptors (Lipinski definition) is 28. The molecule has 28 heteroatoms. The Labute approximate surface area is 782 Å². The van der Waals surface area contributed by atoms with Gasteiger partial charge < -0.3 is 66.8 Å². The molecular formula is C100H174N22O4S2. The van der Waals surface area contributed by atoms with Crippen molar-refractivity contribution >= 4 is 28.5 Å². The first-order valence-electron chi connectivity index (χ1n) is 47.4. The molecule has 10 heterocycles. The number of nitrogens with zero attached hydrogens (tertiary/aromatic N) is 12. The lowest BCUT2D eigenvalue weighted by atomic mass is 10.1. The maximum absolute atomic E-state index is 11.5. The van der Waals surface area contributed by atoms with Crippen LogP contribution in [0.4, 0.5) is 0 Å². The summed E-state index contributed by atoms with van der Waals surface area (Å²) in [5.74, 6) is 8.82. The van der Waals surface area contributed by atoms with Gasteiger partial charge in [-0.25, -0.2) is 24.9 Å². The minimum atomic E-state index is 0.0475. The fourth-order valence-corrected chi connectivity index (χ4v) is 12.5. The highest BCUT2D eigenvalue weighted by Gasteiger charge is 2.13. The van der Waals surface area contributed by atoms with E-state index in [4.69, 9.17) is 13.7 Å². The first-order valence-corrected chi connectivity index (χ1v) is 49.1. The number of hydrogen-bond donors (Lipinski definition) is 10. The Morgan fingerprint density at radius 3 is 1.29 bits per heavy atom. The van der Waals surface area contributed by atoms with E-state index < -0.39 is 0 Å². The third-order valence-electron chi connectivity index (χ3n) is 17.7. The van der Waals surface area contributed by atoms with Crippen molar-refractivity contribution in [3.63, 3.8) is 0 Å². The van der Waals surface area contributed by atoms with Crippen LogP contribution >= 0.6 is 22.7 Å². The smallest absolute Gasteiger partial charge is 0.195 e. The summed E-state index contributed by atoms with van der Waals surface area (Å²) < 4.78 is 15.5. The SMILES string of the molecule is CC(C)CNC1CCOCC1.CC(C)CNCC(=O)c1ccccn1.CC(C)CNCCc1ccccn1.CC(C)CNCCc1cccnn1.CC(C)CNCCc1ccncn1.CC(C)CNCCc1cnccn1.CC(C)CNCCc1nccs1.Cc1cc(CCNCC(C)C)no1.Cc1coc(CCNCC(C)C)n1.Cc1csc(CCNCC(C)C)n1. The van der Waals surface area contributed by atoms with Gasteiger partial charge in [0.1, 0.15) is 24.0 Å². The molecule has 0 atom stereocenters. The molecular weight excluding hydrogens is 1640 g/mol. The number of ether oxygens (including phenoxy) is 1. The summed E-state index contributed by atoms with van der Waals surface area (Å²) in [7, 11) is 0. The summed E-state index contributed by atoms with van der Waals surface area (Å²) in [5.41, 5.74) is 8.04. The summed E-state index contributed by atoms with van der Waals surface area (Å²) in [6.45, 7) is 70.8. The molecule has 10 N–H and O–H groups in total. The molecule has 1 aliphatic rings. The maximum Gasteiger partial charge on any atom is 0.195 e. The second-order valence-corrected chi connectivity index (χ2v) is 38.1. The quantitative estimate of drug-likeness (QED) is 0.0125. The minimum Gasteiger partial charge on any atom is -0.449 e. The molecule has 1 saturated heterocycles. The van der Waals surface area contributed by atoms with Gasteiger partial charge in [-0.3, -0.25) is 24.7 Å². The zero-order valence-corrected chi connectivity index (χ0v) is 84.9. The number of pyridine rings is 2. The topological polar surface area (TPSA) is 328 Å². The van der Waals surface area contributed by atoms with E-state index in [0.29, 0.717) is 53.8 Å². The van der Waals surface area contributed by atoms with Gasteiger partial charge in [0.2, 0.25) is 0 Å². The molecule has 0 aliphatic carbocycles. The van der Waals surface area contributed by atoms with E-state index in [1.807, 2.05) is 87.2 Å². The molecule has 720 valence electrons. The second kappa shape index (κ2) is 80.3. The summed E-state index contributed by atoms with van der Waals surface area (Å²) in [6, 6.07) is 20.0. The van der Waals surface area contributed by atoms with Crippen LogP contribution < -0.4 is 53.2 Å². The van der Waals surface area contributed by atoms with E-state index in [1.54, 1.807) is 78.4 Å². The van der Waals surface area contributed by atoms with E-state index in [2.05, 4.69) is 263 Å². The van der Waals surface area contributed by atoms with Crippen molar-refractivity contribution in [1.82, 2.24) is 113 Å². The Balaban J connectivity index is 0.000000711. The highest BCUT2D eigenvalue weighted by Crippen LogP contribution is 2.11. The van der Waals surface area contributed by atoms with Gasteiger partial charge >= 0.3 is 0 Å². The van der Waals surface area contributed by atoms with Gasteiger partial charge in [-0.1, -0.05) is 156 Å². The number of rotatable bonds is 48. The fourth-order valence-electron chi connectivity index (χ4n) is 11.1. The highest BCUT2D eigenvalue weighted by atomic mass is 32.1. The molecule has 0 spiro atoms. The summed E-state index contributed by atoms with van der Waals surface area (Å²) in [5, 5.41) is 52.0. The lowest BCUT2D eigenvalue weighted by Gasteiger charge is -2.23. The Hall–Kier alpha value is -7.55. The number of carbonyl (C=O) groups excluding carboxylic acids is 1. The molecule has 0 bridgehead atoms. The van der Waals surface area contributed by atoms with Crippen molar-refractivity contribution in [2.24, 2.45) is 59.2 Å². The van der Waals surface area contributed by atoms with Crippen molar-refractivity contribution in [3.8, 4) is 0 Å². The van der Waals surface area contributed by atoms with Crippen LogP contribution in [0.1, 0.15) is 223 Å². The molecule has 10 rings (SSSR count). The first-order chi connectivity index (χ1) is 61.5. The Morgan fingerprint density at radius 1 is 0.406 bits per heavy atom. The van der Waals surface area contributed by atoms with Gasteiger partial charge in [0, 0.05) is 206 Å². The molecule has 0 saturated carbocycles. The fraction of sp³-hybridized carbons (Fsp3) is 0.650. The first kappa shape index (κ1) is 118. The number of ketones is 1. The molecule has 1 fully saturated rings. The summed E-state index contributed by atoms with van der Waals surface area (Å²) in [4.78, 5) is 48.8. The van der Waals surface area contributed by atoms with Crippen molar-refractivity contribution < 1.29 is 18.5 Å². The van der Waals surface area contributed by atoms with Crippen LogP contribution in [-0.4, -0.2) is 210 Å². The monoisotopic (exact) mass is 1810 g/mol. The summed E-state index contributed by atoms with van der Waals surface area (Å²) in [6.07, 6.45) is 27.6. The zero-order valence-electron chi connectivity index (χ0n) is 83.3. The van der Waals surface area contributed by atoms with Crippen molar-refractivity contribution in [2.45, 2.75) is 229 Å². The van der Waals surface area contributed by atoms with Crippen LogP contribution in [0.3, 0.4) is 0 Å². The van der Waals surface area contributed by atoms with Crippen molar-refractivity contribution in [2.75, 3.05) is 138 Å².